The van der Waals surface area contributed by atoms with E-state index < -0.39 is 5.97 Å². The van der Waals surface area contributed by atoms with Crippen molar-refractivity contribution in [1.29, 1.82) is 0 Å². The highest BCUT2D eigenvalue weighted by Gasteiger charge is 2.20. The van der Waals surface area contributed by atoms with Crippen molar-refractivity contribution >= 4 is 5.97 Å². The van der Waals surface area contributed by atoms with Gasteiger partial charge in [-0.3, -0.25) is 0 Å². The molecule has 0 unspecified atom stereocenters. The summed E-state index contributed by atoms with van der Waals surface area (Å²) < 4.78 is 73.5. The molecule has 0 aliphatic carbocycles. The predicted molar refractivity (Wildman–Crippen MR) is 192 cm³/mol. The molecule has 298 valence electrons. The van der Waals surface area contributed by atoms with Gasteiger partial charge in [-0.25, -0.2) is 4.79 Å². The van der Waals surface area contributed by atoms with Crippen molar-refractivity contribution < 1.29 is 66.4 Å². The molecule has 0 heterocycles. The molecule has 0 aromatic heterocycles. The van der Waals surface area contributed by atoms with E-state index in [0.717, 1.165) is 0 Å². The van der Waals surface area contributed by atoms with Gasteiger partial charge in [0.15, 0.2) is 11.5 Å². The standard InChI is InChI=1S/C37H66O14/c1-30(2)46-22-16-40-10-11-43-19-25-49-34-32(47-23-17-41-12-14-44-20-26-50-36(3,4)5)28-31(35(38)39-9)29-33(34)48-24-18-42-13-15-45-21-27-51-37(6,7)8/h28-30H,10-27H2,1-9H3. The molecule has 14 heteroatoms. The molecule has 0 fully saturated rings. The van der Waals surface area contributed by atoms with E-state index >= 15 is 0 Å². The van der Waals surface area contributed by atoms with Crippen molar-refractivity contribution in [2.45, 2.75) is 72.7 Å². The van der Waals surface area contributed by atoms with E-state index in [1.807, 2.05) is 55.4 Å². The summed E-state index contributed by atoms with van der Waals surface area (Å²) >= 11 is 0. The average Bonchev–Trinajstić information content (AvgIpc) is 3.06. The Kier molecular flexibility index (Phi) is 25.9. The summed E-state index contributed by atoms with van der Waals surface area (Å²) in [5.41, 5.74) is -0.166. The number of ether oxygens (including phenoxy) is 13. The van der Waals surface area contributed by atoms with Crippen molar-refractivity contribution in [1.82, 2.24) is 0 Å². The van der Waals surface area contributed by atoms with Crippen LogP contribution in [0.5, 0.6) is 17.2 Å². The summed E-state index contributed by atoms with van der Waals surface area (Å²) in [4.78, 5) is 12.5. The smallest absolute Gasteiger partial charge is 0.338 e. The topological polar surface area (TPSA) is 137 Å². The molecule has 0 aliphatic heterocycles. The van der Waals surface area contributed by atoms with Gasteiger partial charge in [-0.2, -0.15) is 0 Å². The number of benzene rings is 1. The van der Waals surface area contributed by atoms with E-state index in [-0.39, 0.29) is 62.5 Å². The van der Waals surface area contributed by atoms with E-state index in [1.165, 1.54) is 7.11 Å². The zero-order valence-electron chi connectivity index (χ0n) is 32.7. The Balaban J connectivity index is 2.70. The maximum atomic E-state index is 12.5. The van der Waals surface area contributed by atoms with Gasteiger partial charge in [0, 0.05) is 0 Å². The van der Waals surface area contributed by atoms with Crippen LogP contribution in [0.3, 0.4) is 0 Å². The molecular formula is C37H66O14. The Morgan fingerprint density at radius 3 is 1.20 bits per heavy atom. The number of rotatable bonds is 32. The van der Waals surface area contributed by atoms with Crippen LogP contribution < -0.4 is 14.2 Å². The predicted octanol–water partition coefficient (Wildman–Crippen LogP) is 4.76. The first kappa shape index (κ1) is 46.8. The fourth-order valence-electron chi connectivity index (χ4n) is 3.92. The maximum Gasteiger partial charge on any atom is 0.338 e. The van der Waals surface area contributed by atoms with Crippen molar-refractivity contribution in [2.24, 2.45) is 0 Å². The molecular weight excluding hydrogens is 668 g/mol. The molecule has 0 saturated heterocycles. The third-order valence-corrected chi connectivity index (χ3v) is 6.21. The zero-order chi connectivity index (χ0) is 37.8. The minimum atomic E-state index is -0.550. The van der Waals surface area contributed by atoms with Gasteiger partial charge in [0.1, 0.15) is 19.8 Å². The Bertz CT molecular complexity index is 951. The lowest BCUT2D eigenvalue weighted by Crippen LogP contribution is -2.22. The first-order valence-electron chi connectivity index (χ1n) is 17.8. The van der Waals surface area contributed by atoms with Gasteiger partial charge in [0.05, 0.1) is 129 Å². The van der Waals surface area contributed by atoms with Crippen LogP contribution in [0.15, 0.2) is 12.1 Å². The van der Waals surface area contributed by atoms with Gasteiger partial charge < -0.3 is 61.6 Å². The molecule has 0 radical (unpaired) electrons. The van der Waals surface area contributed by atoms with E-state index in [2.05, 4.69) is 0 Å². The normalized spacial score (nSPS) is 12.0. The van der Waals surface area contributed by atoms with Gasteiger partial charge in [-0.05, 0) is 67.5 Å². The number of esters is 1. The SMILES string of the molecule is COC(=O)c1cc(OCCOCCOCCOC(C)(C)C)c(OCCOCCOCCOC(C)C)c(OCCOCCOCCOC(C)(C)C)c1. The molecule has 51 heavy (non-hydrogen) atoms. The molecule has 0 spiro atoms. The van der Waals surface area contributed by atoms with E-state index in [9.17, 15) is 4.79 Å². The lowest BCUT2D eigenvalue weighted by atomic mass is 10.2. The van der Waals surface area contributed by atoms with Crippen LogP contribution in [0.4, 0.5) is 0 Å². The zero-order valence-corrected chi connectivity index (χ0v) is 32.7. The largest absolute Gasteiger partial charge is 0.487 e. The second-order valence-electron chi connectivity index (χ2n) is 13.4. The molecule has 0 bridgehead atoms. The summed E-state index contributed by atoms with van der Waals surface area (Å²) in [6.07, 6.45) is 0.166. The molecule has 14 nitrogen and oxygen atoms in total. The highest BCUT2D eigenvalue weighted by atomic mass is 16.6. The van der Waals surface area contributed by atoms with E-state index in [1.54, 1.807) is 12.1 Å². The summed E-state index contributed by atoms with van der Waals surface area (Å²) in [7, 11) is 1.31. The molecule has 0 saturated carbocycles. The lowest BCUT2D eigenvalue weighted by Gasteiger charge is -2.19. The number of methoxy groups -OCH3 is 1. The third kappa shape index (κ3) is 27.1. The summed E-state index contributed by atoms with van der Waals surface area (Å²) in [6, 6.07) is 3.11. The van der Waals surface area contributed by atoms with Gasteiger partial charge in [-0.15, -0.1) is 0 Å². The summed E-state index contributed by atoms with van der Waals surface area (Å²) in [5, 5.41) is 0. The van der Waals surface area contributed by atoms with Gasteiger partial charge in [0.2, 0.25) is 5.75 Å². The first-order valence-corrected chi connectivity index (χ1v) is 17.8. The first-order chi connectivity index (χ1) is 24.3. The summed E-state index contributed by atoms with van der Waals surface area (Å²) in [6.45, 7) is 22.9. The second kappa shape index (κ2) is 28.3. The number of carbonyl (C=O) groups is 1. The fourth-order valence-corrected chi connectivity index (χ4v) is 3.92. The molecule has 0 atom stereocenters. The average molecular weight is 735 g/mol. The van der Waals surface area contributed by atoms with Gasteiger partial charge in [-0.1, -0.05) is 0 Å². The van der Waals surface area contributed by atoms with Crippen LogP contribution in [0.1, 0.15) is 65.7 Å². The van der Waals surface area contributed by atoms with E-state index in [4.69, 9.17) is 61.6 Å². The molecule has 0 amide bonds. The highest BCUT2D eigenvalue weighted by molar-refractivity contribution is 5.91. The fraction of sp³-hybridized carbons (Fsp3) is 0.811. The second-order valence-corrected chi connectivity index (χ2v) is 13.4. The van der Waals surface area contributed by atoms with Crippen LogP contribution in [-0.2, 0) is 47.4 Å². The maximum absolute atomic E-state index is 12.5. The van der Waals surface area contributed by atoms with Gasteiger partial charge in [0.25, 0.3) is 0 Å². The monoisotopic (exact) mass is 734 g/mol. The Morgan fingerprint density at radius 2 is 0.843 bits per heavy atom. The van der Waals surface area contributed by atoms with Crippen molar-refractivity contribution in [2.75, 3.05) is 126 Å². The third-order valence-electron chi connectivity index (χ3n) is 6.21. The molecule has 0 aliphatic rings. The van der Waals surface area contributed by atoms with Crippen LogP contribution in [0, 0.1) is 0 Å². The van der Waals surface area contributed by atoms with Crippen molar-refractivity contribution in [3.05, 3.63) is 17.7 Å². The quantitative estimate of drug-likeness (QED) is 0.0743. The Labute approximate surface area is 305 Å². The Hall–Kier alpha value is -2.27. The highest BCUT2D eigenvalue weighted by Crippen LogP contribution is 2.39. The minimum Gasteiger partial charge on any atom is -0.487 e. The molecule has 0 N–H and O–H groups in total. The van der Waals surface area contributed by atoms with E-state index in [0.29, 0.717) is 96.5 Å². The number of carbonyl (C=O) groups excluding carboxylic acids is 1. The molecule has 1 rings (SSSR count). The lowest BCUT2D eigenvalue weighted by molar-refractivity contribution is -0.0434. The van der Waals surface area contributed by atoms with Crippen molar-refractivity contribution in [3.8, 4) is 17.2 Å². The number of hydrogen-bond acceptors (Lipinski definition) is 14. The summed E-state index contributed by atoms with van der Waals surface area (Å²) in [5.74, 6) is 0.364. The van der Waals surface area contributed by atoms with Gasteiger partial charge >= 0.3 is 5.97 Å². The van der Waals surface area contributed by atoms with Crippen LogP contribution in [-0.4, -0.2) is 149 Å². The van der Waals surface area contributed by atoms with Crippen LogP contribution in [0.25, 0.3) is 0 Å². The number of hydrogen-bond donors (Lipinski definition) is 0. The Morgan fingerprint density at radius 1 is 0.510 bits per heavy atom. The van der Waals surface area contributed by atoms with Crippen LogP contribution >= 0.6 is 0 Å². The molecule has 1 aromatic rings. The molecule has 1 aromatic carbocycles. The van der Waals surface area contributed by atoms with Crippen molar-refractivity contribution in [3.63, 3.8) is 0 Å². The van der Waals surface area contributed by atoms with Crippen LogP contribution in [0.2, 0.25) is 0 Å². The minimum absolute atomic E-state index is 0.166.